The van der Waals surface area contributed by atoms with E-state index in [0.29, 0.717) is 19.3 Å². The molecule has 12 atom stereocenters. The van der Waals surface area contributed by atoms with E-state index in [2.05, 4.69) is 5.32 Å². The standard InChI is InChI=1S/C63H118N12O19/c1-18-41(5)64-22-53(84)66(24-46(10)77)32-55(86)70(28-50(14)81)35-61(92)74(43(7)20-3)39-59(90)68(26-48(12)79)34-57(88)72(30-52(16)83)37-63(94)75(44(8)21-4)40-60(91)69(27-49(13)80)33-56(87)71(29-51(15)82)36-62(93)73(42(6)19-2)38-58(89)67(25-47(11)78)31-54(85)65(17)23-45(9)76/h41-52,64,76-83H,18-40H2,1-17H3. The molecule has 0 aliphatic rings. The number of carbonyl (C=O) groups excluding carboxylic acids is 11. The summed E-state index contributed by atoms with van der Waals surface area (Å²) in [5.41, 5.74) is 0. The number of aliphatic hydroxyl groups is 8. The van der Waals surface area contributed by atoms with Crippen LogP contribution >= 0.6 is 0 Å². The first kappa shape index (κ1) is 87.8. The fourth-order valence-electron chi connectivity index (χ4n) is 9.73. The zero-order valence-corrected chi connectivity index (χ0v) is 59.2. The predicted molar refractivity (Wildman–Crippen MR) is 349 cm³/mol. The highest BCUT2D eigenvalue weighted by atomic mass is 16.3. The average Bonchev–Trinajstić information content (AvgIpc) is 2.26. The first-order valence-corrected chi connectivity index (χ1v) is 32.9. The fraction of sp³-hybridized carbons (Fsp3) is 0.825. The van der Waals surface area contributed by atoms with Gasteiger partial charge in [0, 0.05) is 83.6 Å². The summed E-state index contributed by atoms with van der Waals surface area (Å²) in [5.74, 6) is -8.23. The van der Waals surface area contributed by atoms with Crippen molar-refractivity contribution in [2.24, 2.45) is 0 Å². The van der Waals surface area contributed by atoms with Crippen LogP contribution in [-0.2, 0) is 52.7 Å². The maximum atomic E-state index is 14.5. The molecule has 0 saturated carbocycles. The molecule has 9 N–H and O–H groups in total. The van der Waals surface area contributed by atoms with Gasteiger partial charge in [-0.1, -0.05) is 27.7 Å². The number of hydrogen-bond donors (Lipinski definition) is 9. The Kier molecular flexibility index (Phi) is 41.6. The SMILES string of the molecule is CCC(C)NCC(=O)N(CC(=O)N(CC(=O)N(CC(=O)N(CC(=O)N(CC(=O)N(CC(=O)N(CC(=O)N(CC(=O)N(CC(=O)N(CC(=O)N(C)CC(C)O)CC(C)O)C(C)CC)CC(C)O)CC(C)O)C(C)CC)CC(C)O)CC(C)O)C(C)CC)CC(C)O)CC(C)O. The average molecular weight is 1350 g/mol. The molecule has 31 nitrogen and oxygen atoms in total. The summed E-state index contributed by atoms with van der Waals surface area (Å²) in [6, 6.07) is -2.00. The summed E-state index contributed by atoms with van der Waals surface area (Å²) >= 11 is 0. The lowest BCUT2D eigenvalue weighted by molar-refractivity contribution is -0.151. The quantitative estimate of drug-likeness (QED) is 0.0286. The van der Waals surface area contributed by atoms with Gasteiger partial charge >= 0.3 is 0 Å². The second kappa shape index (κ2) is 44.5. The lowest BCUT2D eigenvalue weighted by atomic mass is 10.2. The van der Waals surface area contributed by atoms with Gasteiger partial charge in [-0.15, -0.1) is 0 Å². The summed E-state index contributed by atoms with van der Waals surface area (Å²) in [6.07, 6.45) is -7.43. The Balaban J connectivity index is 7.00. The minimum absolute atomic E-state index is 0.0255. The first-order chi connectivity index (χ1) is 43.6. The van der Waals surface area contributed by atoms with Crippen molar-refractivity contribution in [1.29, 1.82) is 0 Å². The van der Waals surface area contributed by atoms with Crippen LogP contribution in [-0.4, -0.2) is 364 Å². The van der Waals surface area contributed by atoms with E-state index in [4.69, 9.17) is 0 Å². The van der Waals surface area contributed by atoms with Crippen LogP contribution < -0.4 is 5.32 Å². The number of amides is 11. The van der Waals surface area contributed by atoms with Crippen LogP contribution in [0.5, 0.6) is 0 Å². The van der Waals surface area contributed by atoms with Crippen LogP contribution in [0.3, 0.4) is 0 Å². The van der Waals surface area contributed by atoms with Gasteiger partial charge in [0.25, 0.3) is 0 Å². The van der Waals surface area contributed by atoms with E-state index in [-0.39, 0.29) is 45.2 Å². The third-order valence-corrected chi connectivity index (χ3v) is 15.6. The maximum Gasteiger partial charge on any atom is 0.242 e. The molecule has 0 aromatic carbocycles. The van der Waals surface area contributed by atoms with Gasteiger partial charge in [0.15, 0.2) is 0 Å². The van der Waals surface area contributed by atoms with Crippen LogP contribution in [0.4, 0.5) is 0 Å². The van der Waals surface area contributed by atoms with E-state index in [1.807, 2.05) is 13.8 Å². The van der Waals surface area contributed by atoms with E-state index in [1.165, 1.54) is 77.1 Å². The van der Waals surface area contributed by atoms with Crippen LogP contribution in [0.15, 0.2) is 0 Å². The van der Waals surface area contributed by atoms with Crippen molar-refractivity contribution in [3.63, 3.8) is 0 Å². The number of nitrogens with one attached hydrogen (secondary N) is 1. The molecule has 0 saturated heterocycles. The van der Waals surface area contributed by atoms with Gasteiger partial charge in [-0.3, -0.25) is 52.7 Å². The second-order valence-electron chi connectivity index (χ2n) is 25.5. The van der Waals surface area contributed by atoms with Crippen molar-refractivity contribution in [3.8, 4) is 0 Å². The molecule has 31 heteroatoms. The summed E-state index contributed by atoms with van der Waals surface area (Å²) in [6.45, 7) is 15.6. The monoisotopic (exact) mass is 1350 g/mol. The zero-order chi connectivity index (χ0) is 72.6. The van der Waals surface area contributed by atoms with Crippen LogP contribution in [0.1, 0.15) is 136 Å². The number of carbonyl (C=O) groups is 11. The Bertz CT molecular complexity index is 2380. The number of rotatable bonds is 46. The molecule has 0 aliphatic heterocycles. The van der Waals surface area contributed by atoms with Crippen LogP contribution in [0.25, 0.3) is 0 Å². The molecule has 544 valence electrons. The Hall–Kier alpha value is -6.19. The highest BCUT2D eigenvalue weighted by Gasteiger charge is 2.36. The molecule has 0 rings (SSSR count). The fourth-order valence-corrected chi connectivity index (χ4v) is 9.73. The van der Waals surface area contributed by atoms with E-state index >= 15 is 0 Å². The molecule has 0 bridgehead atoms. The lowest BCUT2D eigenvalue weighted by Gasteiger charge is -2.36. The molecule has 0 radical (unpaired) electrons. The van der Waals surface area contributed by atoms with Gasteiger partial charge in [-0.25, -0.2) is 0 Å². The minimum atomic E-state index is -1.25. The van der Waals surface area contributed by atoms with Crippen molar-refractivity contribution < 1.29 is 93.6 Å². The minimum Gasteiger partial charge on any atom is -0.392 e. The molecule has 0 fully saturated rings. The summed E-state index contributed by atoms with van der Waals surface area (Å²) in [4.78, 5) is 167. The zero-order valence-electron chi connectivity index (χ0n) is 59.2. The Morgan fingerprint density at radius 1 is 0.266 bits per heavy atom. The van der Waals surface area contributed by atoms with E-state index in [0.717, 1.165) is 39.2 Å². The van der Waals surface area contributed by atoms with Crippen molar-refractivity contribution in [2.45, 2.75) is 209 Å². The van der Waals surface area contributed by atoms with Gasteiger partial charge in [-0.2, -0.15) is 0 Å². The van der Waals surface area contributed by atoms with Gasteiger partial charge < -0.3 is 100 Å². The molecular formula is C63H118N12O19. The smallest absolute Gasteiger partial charge is 0.242 e. The third kappa shape index (κ3) is 34.0. The highest BCUT2D eigenvalue weighted by molar-refractivity contribution is 5.95. The Morgan fingerprint density at radius 3 is 0.660 bits per heavy atom. The number of hydrogen-bond acceptors (Lipinski definition) is 20. The maximum absolute atomic E-state index is 14.5. The summed E-state index contributed by atoms with van der Waals surface area (Å²) in [7, 11) is 1.44. The van der Waals surface area contributed by atoms with Gasteiger partial charge in [0.05, 0.1) is 101 Å². The Morgan fingerprint density at radius 2 is 0.457 bits per heavy atom. The van der Waals surface area contributed by atoms with Gasteiger partial charge in [0.1, 0.15) is 19.6 Å². The second-order valence-corrected chi connectivity index (χ2v) is 25.5. The molecule has 11 amide bonds. The molecule has 94 heavy (non-hydrogen) atoms. The molecule has 0 aromatic rings. The van der Waals surface area contributed by atoms with Crippen molar-refractivity contribution in [1.82, 2.24) is 59.2 Å². The van der Waals surface area contributed by atoms with Gasteiger partial charge in [-0.05, 0) is 109 Å². The van der Waals surface area contributed by atoms with Gasteiger partial charge in [0.2, 0.25) is 65.0 Å². The number of likely N-dealkylation sites (N-methyl/N-ethyl adjacent to an activating group) is 1. The van der Waals surface area contributed by atoms with E-state index in [1.54, 1.807) is 41.5 Å². The molecule has 0 aromatic heterocycles. The predicted octanol–water partition coefficient (Wildman–Crippen LogP) is -3.44. The molecular weight excluding hydrogens is 1230 g/mol. The molecule has 12 unspecified atom stereocenters. The van der Waals surface area contributed by atoms with Crippen LogP contribution in [0, 0.1) is 0 Å². The van der Waals surface area contributed by atoms with E-state index in [9.17, 15) is 93.6 Å². The third-order valence-electron chi connectivity index (χ3n) is 15.6. The van der Waals surface area contributed by atoms with Crippen molar-refractivity contribution >= 4 is 65.0 Å². The molecule has 0 aliphatic carbocycles. The van der Waals surface area contributed by atoms with Crippen molar-refractivity contribution in [2.75, 3.05) is 131 Å². The van der Waals surface area contributed by atoms with Crippen LogP contribution in [0.2, 0.25) is 0 Å². The topological polar surface area (TPSA) is 397 Å². The summed E-state index contributed by atoms with van der Waals surface area (Å²) in [5, 5.41) is 86.3. The normalized spacial score (nSPS) is 15.2. The van der Waals surface area contributed by atoms with Crippen molar-refractivity contribution in [3.05, 3.63) is 0 Å². The first-order valence-electron chi connectivity index (χ1n) is 32.9. The van der Waals surface area contributed by atoms with E-state index < -0.39 is 224 Å². The highest BCUT2D eigenvalue weighted by Crippen LogP contribution is 2.15. The lowest BCUT2D eigenvalue weighted by Crippen LogP contribution is -2.56. The number of aliphatic hydroxyl groups excluding tert-OH is 8. The Labute approximate surface area is 556 Å². The largest absolute Gasteiger partial charge is 0.392 e. The molecule has 0 spiro atoms. The molecule has 0 heterocycles. The summed E-state index contributed by atoms with van der Waals surface area (Å²) < 4.78 is 0. The number of nitrogens with zero attached hydrogens (tertiary/aromatic N) is 11.